The topological polar surface area (TPSA) is 60.9 Å². The number of hydrogen-bond donors (Lipinski definition) is 1. The van der Waals surface area contributed by atoms with Crippen molar-refractivity contribution >= 4 is 32.7 Å². The van der Waals surface area contributed by atoms with Gasteiger partial charge in [0.25, 0.3) is 5.56 Å². The van der Waals surface area contributed by atoms with Gasteiger partial charge in [-0.25, -0.2) is 4.98 Å². The molecule has 1 aromatic heterocycles. The lowest BCUT2D eigenvalue weighted by atomic mass is 10.1. The number of nitrogen functional groups attached to an aromatic ring is 1. The molecule has 4 nitrogen and oxygen atoms in total. The second-order valence-electron chi connectivity index (χ2n) is 4.92. The van der Waals surface area contributed by atoms with Crippen LogP contribution in [0.2, 0.25) is 0 Å². The van der Waals surface area contributed by atoms with Crippen molar-refractivity contribution in [2.45, 2.75) is 13.5 Å². The van der Waals surface area contributed by atoms with Crippen LogP contribution in [0.4, 0.5) is 5.69 Å². The summed E-state index contributed by atoms with van der Waals surface area (Å²) in [5, 5.41) is 0. The van der Waals surface area contributed by atoms with E-state index in [2.05, 4.69) is 20.9 Å². The fraction of sp³-hybridized carbons (Fsp3) is 0.125. The highest BCUT2D eigenvalue weighted by Gasteiger charge is 2.09. The lowest BCUT2D eigenvalue weighted by Crippen LogP contribution is -2.25. The Morgan fingerprint density at radius 3 is 2.76 bits per heavy atom. The minimum atomic E-state index is -0.0870. The van der Waals surface area contributed by atoms with Crippen molar-refractivity contribution in [2.75, 3.05) is 5.73 Å². The Morgan fingerprint density at radius 2 is 2.00 bits per heavy atom. The molecule has 5 heteroatoms. The van der Waals surface area contributed by atoms with Gasteiger partial charge in [-0.15, -0.1) is 0 Å². The molecule has 3 rings (SSSR count). The molecule has 106 valence electrons. The molecule has 0 fully saturated rings. The monoisotopic (exact) mass is 343 g/mol. The van der Waals surface area contributed by atoms with Gasteiger partial charge in [-0.1, -0.05) is 34.1 Å². The van der Waals surface area contributed by atoms with E-state index in [9.17, 15) is 4.79 Å². The normalized spacial score (nSPS) is 11.0. The molecule has 0 aliphatic carbocycles. The Kier molecular flexibility index (Phi) is 3.51. The zero-order chi connectivity index (χ0) is 15.0. The van der Waals surface area contributed by atoms with Crippen LogP contribution in [0.5, 0.6) is 0 Å². The summed E-state index contributed by atoms with van der Waals surface area (Å²) in [4.78, 5) is 16.8. The van der Waals surface area contributed by atoms with E-state index < -0.39 is 0 Å². The van der Waals surface area contributed by atoms with Crippen molar-refractivity contribution in [3.05, 3.63) is 68.5 Å². The van der Waals surface area contributed by atoms with Crippen LogP contribution in [-0.2, 0) is 6.54 Å². The SMILES string of the molecule is Cc1nc2ccccc2n(Cc2ccc(Br)cc2N)c1=O. The van der Waals surface area contributed by atoms with Gasteiger partial charge in [0, 0.05) is 10.2 Å². The van der Waals surface area contributed by atoms with Crippen LogP contribution in [0, 0.1) is 6.92 Å². The number of nitrogens with two attached hydrogens (primary N) is 1. The van der Waals surface area contributed by atoms with E-state index in [-0.39, 0.29) is 5.56 Å². The molecule has 3 aromatic rings. The summed E-state index contributed by atoms with van der Waals surface area (Å²) >= 11 is 3.39. The number of para-hydroxylation sites is 2. The largest absolute Gasteiger partial charge is 0.398 e. The van der Waals surface area contributed by atoms with E-state index in [1.165, 1.54) is 0 Å². The van der Waals surface area contributed by atoms with Gasteiger partial charge in [-0.05, 0) is 36.8 Å². The van der Waals surface area contributed by atoms with Crippen LogP contribution in [0.3, 0.4) is 0 Å². The molecule has 0 aliphatic rings. The van der Waals surface area contributed by atoms with Crippen molar-refractivity contribution < 1.29 is 0 Å². The van der Waals surface area contributed by atoms with E-state index in [1.54, 1.807) is 11.5 Å². The highest BCUT2D eigenvalue weighted by molar-refractivity contribution is 9.10. The highest BCUT2D eigenvalue weighted by atomic mass is 79.9. The molecular formula is C16H14BrN3O. The first-order valence-electron chi connectivity index (χ1n) is 6.56. The van der Waals surface area contributed by atoms with Crippen LogP contribution in [0.1, 0.15) is 11.3 Å². The maximum absolute atomic E-state index is 12.4. The maximum Gasteiger partial charge on any atom is 0.272 e. The average Bonchev–Trinajstić information content (AvgIpc) is 2.46. The number of anilines is 1. The molecule has 0 spiro atoms. The molecule has 0 unspecified atom stereocenters. The Labute approximate surface area is 130 Å². The summed E-state index contributed by atoms with van der Waals surface area (Å²) < 4.78 is 2.64. The molecular weight excluding hydrogens is 330 g/mol. The lowest BCUT2D eigenvalue weighted by Gasteiger charge is -2.12. The van der Waals surface area contributed by atoms with Gasteiger partial charge in [-0.3, -0.25) is 4.79 Å². The lowest BCUT2D eigenvalue weighted by molar-refractivity contribution is 0.778. The molecule has 0 atom stereocenters. The van der Waals surface area contributed by atoms with Gasteiger partial charge >= 0.3 is 0 Å². The number of hydrogen-bond acceptors (Lipinski definition) is 3. The van der Waals surface area contributed by atoms with E-state index in [1.807, 2.05) is 42.5 Å². The molecule has 0 aliphatic heterocycles. The number of benzene rings is 2. The number of rotatable bonds is 2. The first-order chi connectivity index (χ1) is 10.1. The molecule has 2 aromatic carbocycles. The predicted molar refractivity (Wildman–Crippen MR) is 88.4 cm³/mol. The maximum atomic E-state index is 12.4. The van der Waals surface area contributed by atoms with Gasteiger partial charge < -0.3 is 10.3 Å². The van der Waals surface area contributed by atoms with Gasteiger partial charge in [0.15, 0.2) is 0 Å². The third-order valence-electron chi connectivity index (χ3n) is 3.45. The van der Waals surface area contributed by atoms with Crippen molar-refractivity contribution in [1.82, 2.24) is 9.55 Å². The van der Waals surface area contributed by atoms with Gasteiger partial charge in [0.1, 0.15) is 5.69 Å². The summed E-state index contributed by atoms with van der Waals surface area (Å²) in [6.07, 6.45) is 0. The van der Waals surface area contributed by atoms with E-state index >= 15 is 0 Å². The Balaban J connectivity index is 2.20. The number of fused-ring (bicyclic) bond motifs is 1. The first-order valence-corrected chi connectivity index (χ1v) is 7.35. The third-order valence-corrected chi connectivity index (χ3v) is 3.94. The summed E-state index contributed by atoms with van der Waals surface area (Å²) in [6.45, 7) is 2.16. The number of aryl methyl sites for hydroxylation is 1. The molecule has 21 heavy (non-hydrogen) atoms. The molecule has 0 amide bonds. The minimum Gasteiger partial charge on any atom is -0.398 e. The standard InChI is InChI=1S/C16H14BrN3O/c1-10-16(21)20(15-5-3-2-4-14(15)19-10)9-11-6-7-12(17)8-13(11)18/h2-8H,9,18H2,1H3. The van der Waals surface area contributed by atoms with E-state index in [0.717, 1.165) is 21.1 Å². The zero-order valence-electron chi connectivity index (χ0n) is 11.5. The van der Waals surface area contributed by atoms with Gasteiger partial charge in [0.2, 0.25) is 0 Å². The summed E-state index contributed by atoms with van der Waals surface area (Å²) in [6, 6.07) is 13.3. The molecule has 0 saturated carbocycles. The minimum absolute atomic E-state index is 0.0870. The second-order valence-corrected chi connectivity index (χ2v) is 5.84. The van der Waals surface area contributed by atoms with E-state index in [4.69, 9.17) is 5.73 Å². The van der Waals surface area contributed by atoms with Crippen LogP contribution < -0.4 is 11.3 Å². The fourth-order valence-electron chi connectivity index (χ4n) is 2.36. The number of aromatic nitrogens is 2. The van der Waals surface area contributed by atoms with Crippen molar-refractivity contribution in [1.29, 1.82) is 0 Å². The quantitative estimate of drug-likeness (QED) is 0.727. The van der Waals surface area contributed by atoms with Crippen LogP contribution in [-0.4, -0.2) is 9.55 Å². The zero-order valence-corrected chi connectivity index (χ0v) is 13.1. The summed E-state index contributed by atoms with van der Waals surface area (Å²) in [5.41, 5.74) is 9.64. The molecule has 2 N–H and O–H groups in total. The highest BCUT2D eigenvalue weighted by Crippen LogP contribution is 2.20. The molecule has 0 saturated heterocycles. The smallest absolute Gasteiger partial charge is 0.272 e. The molecule has 0 radical (unpaired) electrons. The molecule has 0 bridgehead atoms. The second kappa shape index (κ2) is 5.33. The Bertz CT molecular complexity index is 886. The van der Waals surface area contributed by atoms with E-state index in [0.29, 0.717) is 17.9 Å². The van der Waals surface area contributed by atoms with Crippen LogP contribution in [0.25, 0.3) is 11.0 Å². The van der Waals surface area contributed by atoms with Gasteiger partial charge in [0.05, 0.1) is 17.6 Å². The van der Waals surface area contributed by atoms with Crippen LogP contribution in [0.15, 0.2) is 51.7 Å². The number of halogens is 1. The third kappa shape index (κ3) is 2.56. The summed E-state index contributed by atoms with van der Waals surface area (Å²) in [5.74, 6) is 0. The number of nitrogens with zero attached hydrogens (tertiary/aromatic N) is 2. The van der Waals surface area contributed by atoms with Crippen molar-refractivity contribution in [3.63, 3.8) is 0 Å². The Morgan fingerprint density at radius 1 is 1.24 bits per heavy atom. The first kappa shape index (κ1) is 13.8. The Hall–Kier alpha value is -2.14. The fourth-order valence-corrected chi connectivity index (χ4v) is 2.74. The van der Waals surface area contributed by atoms with Gasteiger partial charge in [-0.2, -0.15) is 0 Å². The van der Waals surface area contributed by atoms with Crippen LogP contribution >= 0.6 is 15.9 Å². The average molecular weight is 344 g/mol. The summed E-state index contributed by atoms with van der Waals surface area (Å²) in [7, 11) is 0. The van der Waals surface area contributed by atoms with Crippen molar-refractivity contribution in [2.24, 2.45) is 0 Å². The molecule has 1 heterocycles. The predicted octanol–water partition coefficient (Wildman–Crippen LogP) is 3.10. The van der Waals surface area contributed by atoms with Crippen molar-refractivity contribution in [3.8, 4) is 0 Å².